The van der Waals surface area contributed by atoms with Crippen LogP contribution in [0.3, 0.4) is 0 Å². The number of fused-ring (bicyclic) bond motifs is 1. The number of anilines is 2. The van der Waals surface area contributed by atoms with E-state index in [1.807, 2.05) is 12.1 Å². The number of hydrogen-bond acceptors (Lipinski definition) is 3. The maximum Gasteiger partial charge on any atom is 0.265 e. The van der Waals surface area contributed by atoms with Crippen LogP contribution in [0.2, 0.25) is 5.02 Å². The number of halogens is 2. The second kappa shape index (κ2) is 7.11. The first-order valence-corrected chi connectivity index (χ1v) is 8.15. The third kappa shape index (κ3) is 3.63. The average Bonchev–Trinajstić information content (AvgIpc) is 2.59. The molecule has 1 aliphatic rings. The molecule has 0 unspecified atom stereocenters. The van der Waals surface area contributed by atoms with Crippen molar-refractivity contribution in [3.63, 3.8) is 0 Å². The van der Waals surface area contributed by atoms with Crippen LogP contribution < -0.4 is 15.0 Å². The van der Waals surface area contributed by atoms with Crippen molar-refractivity contribution < 1.29 is 14.3 Å². The molecule has 0 bridgehead atoms. The first-order chi connectivity index (χ1) is 11.6. The van der Waals surface area contributed by atoms with Gasteiger partial charge in [-0.1, -0.05) is 23.7 Å². The fraction of sp³-hybridized carbons (Fsp3) is 0.176. The Labute approximate surface area is 149 Å². The summed E-state index contributed by atoms with van der Waals surface area (Å²) in [6.07, 6.45) is 0. The zero-order chi connectivity index (χ0) is 17.1. The second-order valence-electron chi connectivity index (χ2n) is 5.26. The number of benzene rings is 2. The van der Waals surface area contributed by atoms with E-state index in [2.05, 4.69) is 5.32 Å². The van der Waals surface area contributed by atoms with Gasteiger partial charge in [-0.25, -0.2) is 0 Å². The van der Waals surface area contributed by atoms with Crippen molar-refractivity contribution in [2.24, 2.45) is 0 Å². The summed E-state index contributed by atoms with van der Waals surface area (Å²) in [5, 5.41) is 3.30. The zero-order valence-electron chi connectivity index (χ0n) is 12.6. The molecule has 7 heteroatoms. The lowest BCUT2D eigenvalue weighted by Gasteiger charge is -2.30. The predicted molar refractivity (Wildman–Crippen MR) is 93.9 cm³/mol. The summed E-state index contributed by atoms with van der Waals surface area (Å²) < 4.78 is 5.46. The fourth-order valence-electron chi connectivity index (χ4n) is 2.42. The summed E-state index contributed by atoms with van der Waals surface area (Å²) in [5.41, 5.74) is 2.10. The summed E-state index contributed by atoms with van der Waals surface area (Å²) in [6.45, 7) is 0.368. The maximum absolute atomic E-state index is 12.3. The molecule has 124 valence electrons. The van der Waals surface area contributed by atoms with E-state index in [0.29, 0.717) is 28.7 Å². The van der Waals surface area contributed by atoms with E-state index in [1.165, 1.54) is 0 Å². The van der Waals surface area contributed by atoms with Crippen LogP contribution in [0.5, 0.6) is 5.75 Å². The molecule has 2 aromatic rings. The minimum atomic E-state index is -0.316. The Morgan fingerprint density at radius 1 is 1.21 bits per heavy atom. The molecular weight excluding hydrogens is 351 g/mol. The molecule has 0 radical (unpaired) electrons. The van der Waals surface area contributed by atoms with E-state index in [9.17, 15) is 9.59 Å². The normalized spacial score (nSPS) is 13.2. The maximum atomic E-state index is 12.3. The highest BCUT2D eigenvalue weighted by molar-refractivity contribution is 6.30. The number of amides is 2. The van der Waals surface area contributed by atoms with Crippen LogP contribution in [0.1, 0.15) is 5.56 Å². The third-order valence-corrected chi connectivity index (χ3v) is 4.06. The summed E-state index contributed by atoms with van der Waals surface area (Å²) in [6, 6.07) is 12.4. The van der Waals surface area contributed by atoms with Gasteiger partial charge in [0.2, 0.25) is 5.91 Å². The topological polar surface area (TPSA) is 58.6 Å². The summed E-state index contributed by atoms with van der Waals surface area (Å²) >= 11 is 11.4. The molecule has 3 rings (SSSR count). The lowest BCUT2D eigenvalue weighted by molar-refractivity contribution is -0.121. The summed E-state index contributed by atoms with van der Waals surface area (Å²) in [4.78, 5) is 25.4. The van der Waals surface area contributed by atoms with Crippen LogP contribution in [0.15, 0.2) is 42.5 Å². The molecule has 2 amide bonds. The molecule has 1 aliphatic heterocycles. The monoisotopic (exact) mass is 364 g/mol. The van der Waals surface area contributed by atoms with Crippen LogP contribution in [0, 0.1) is 0 Å². The van der Waals surface area contributed by atoms with Gasteiger partial charge in [-0.15, -0.1) is 11.6 Å². The highest BCUT2D eigenvalue weighted by Crippen LogP contribution is 2.35. The first-order valence-electron chi connectivity index (χ1n) is 7.24. The van der Waals surface area contributed by atoms with Gasteiger partial charge in [0.25, 0.3) is 5.91 Å². The Hall–Kier alpha value is -2.24. The van der Waals surface area contributed by atoms with Gasteiger partial charge in [-0.2, -0.15) is 0 Å². The molecule has 5 nitrogen and oxygen atoms in total. The van der Waals surface area contributed by atoms with Crippen LogP contribution >= 0.6 is 23.2 Å². The fourth-order valence-corrected chi connectivity index (χ4v) is 2.61. The van der Waals surface area contributed by atoms with Gasteiger partial charge in [0, 0.05) is 10.7 Å². The minimum Gasteiger partial charge on any atom is -0.482 e. The van der Waals surface area contributed by atoms with E-state index >= 15 is 0 Å². The van der Waals surface area contributed by atoms with Crippen molar-refractivity contribution in [1.29, 1.82) is 0 Å². The standard InChI is InChI=1S/C17H14Cl2N2O3/c18-8-16(22)20-13-5-6-15-14(7-13)21(17(23)10-24-15)9-11-1-3-12(19)4-2-11/h1-7H,8-10H2,(H,20,22). The zero-order valence-corrected chi connectivity index (χ0v) is 14.1. The van der Waals surface area contributed by atoms with Gasteiger partial charge in [-0.05, 0) is 35.9 Å². The number of rotatable bonds is 4. The van der Waals surface area contributed by atoms with Crippen molar-refractivity contribution >= 4 is 46.4 Å². The van der Waals surface area contributed by atoms with E-state index in [1.54, 1.807) is 35.2 Å². The van der Waals surface area contributed by atoms with E-state index < -0.39 is 0 Å². The smallest absolute Gasteiger partial charge is 0.265 e. The Kier molecular flexibility index (Phi) is 4.92. The van der Waals surface area contributed by atoms with Crippen LogP contribution in [0.25, 0.3) is 0 Å². The second-order valence-corrected chi connectivity index (χ2v) is 5.96. The van der Waals surface area contributed by atoms with Crippen molar-refractivity contribution in [2.45, 2.75) is 6.54 Å². The molecule has 0 saturated carbocycles. The Bertz CT molecular complexity index is 778. The Morgan fingerprint density at radius 3 is 2.67 bits per heavy atom. The molecule has 0 spiro atoms. The Balaban J connectivity index is 1.90. The van der Waals surface area contributed by atoms with Crippen LogP contribution in [-0.2, 0) is 16.1 Å². The molecule has 0 aromatic heterocycles. The van der Waals surface area contributed by atoms with Crippen LogP contribution in [0.4, 0.5) is 11.4 Å². The number of hydrogen-bond donors (Lipinski definition) is 1. The van der Waals surface area contributed by atoms with E-state index in [4.69, 9.17) is 27.9 Å². The highest BCUT2D eigenvalue weighted by atomic mass is 35.5. The number of nitrogens with zero attached hydrogens (tertiary/aromatic N) is 1. The third-order valence-electron chi connectivity index (χ3n) is 3.56. The van der Waals surface area contributed by atoms with Crippen molar-refractivity contribution in [3.8, 4) is 5.75 Å². The first kappa shape index (κ1) is 16.6. The number of carbonyl (C=O) groups excluding carboxylic acids is 2. The summed E-state index contributed by atoms with van der Waals surface area (Å²) in [5.74, 6) is -0.0179. The molecule has 2 aromatic carbocycles. The number of ether oxygens (including phenoxy) is 1. The molecule has 1 N–H and O–H groups in total. The van der Waals surface area contributed by atoms with Crippen molar-refractivity contribution in [1.82, 2.24) is 0 Å². The average molecular weight is 365 g/mol. The summed E-state index contributed by atoms with van der Waals surface area (Å²) in [7, 11) is 0. The van der Waals surface area contributed by atoms with E-state index in [-0.39, 0.29) is 24.3 Å². The van der Waals surface area contributed by atoms with Crippen molar-refractivity contribution in [3.05, 3.63) is 53.1 Å². The van der Waals surface area contributed by atoms with E-state index in [0.717, 1.165) is 5.56 Å². The molecule has 1 heterocycles. The molecule has 0 atom stereocenters. The lowest BCUT2D eigenvalue weighted by atomic mass is 10.1. The van der Waals surface area contributed by atoms with Gasteiger partial charge in [0.05, 0.1) is 12.2 Å². The van der Waals surface area contributed by atoms with Gasteiger partial charge in [-0.3, -0.25) is 9.59 Å². The lowest BCUT2D eigenvalue weighted by Crippen LogP contribution is -2.38. The highest BCUT2D eigenvalue weighted by Gasteiger charge is 2.26. The van der Waals surface area contributed by atoms with Crippen LogP contribution in [-0.4, -0.2) is 24.3 Å². The van der Waals surface area contributed by atoms with Gasteiger partial charge in [0.1, 0.15) is 11.6 Å². The SMILES string of the molecule is O=C(CCl)Nc1ccc2c(c1)N(Cc1ccc(Cl)cc1)C(=O)CO2. The number of nitrogens with one attached hydrogen (secondary N) is 1. The van der Waals surface area contributed by atoms with Gasteiger partial charge >= 0.3 is 0 Å². The number of alkyl halides is 1. The largest absolute Gasteiger partial charge is 0.482 e. The van der Waals surface area contributed by atoms with Gasteiger partial charge in [0.15, 0.2) is 6.61 Å². The Morgan fingerprint density at radius 2 is 1.96 bits per heavy atom. The molecule has 0 fully saturated rings. The van der Waals surface area contributed by atoms with Crippen molar-refractivity contribution in [2.75, 3.05) is 22.7 Å². The molecule has 0 saturated heterocycles. The predicted octanol–water partition coefficient (Wildman–Crippen LogP) is 3.44. The quantitative estimate of drug-likeness (QED) is 0.845. The molecule has 24 heavy (non-hydrogen) atoms. The number of carbonyl (C=O) groups is 2. The minimum absolute atomic E-state index is 0.0199. The van der Waals surface area contributed by atoms with Gasteiger partial charge < -0.3 is 15.0 Å². The molecule has 0 aliphatic carbocycles. The molecular formula is C17H14Cl2N2O3.